The van der Waals surface area contributed by atoms with Crippen molar-refractivity contribution in [3.63, 3.8) is 0 Å². The van der Waals surface area contributed by atoms with Gasteiger partial charge in [0, 0.05) is 14.1 Å². The van der Waals surface area contributed by atoms with Gasteiger partial charge >= 0.3 is 6.09 Å². The van der Waals surface area contributed by atoms with Gasteiger partial charge in [0.1, 0.15) is 12.0 Å². The molecule has 11 heteroatoms. The van der Waals surface area contributed by atoms with E-state index in [4.69, 9.17) is 11.6 Å². The number of carboxylic acid groups (broad SMARTS) is 1. The zero-order valence-corrected chi connectivity index (χ0v) is 15.1. The molecule has 3 atom stereocenters. The highest BCUT2D eigenvalue weighted by molar-refractivity contribution is 7.87. The lowest BCUT2D eigenvalue weighted by Crippen LogP contribution is -2.52. The molecule has 140 valence electrons. The molecule has 1 fully saturated rings. The number of halogens is 3. The van der Waals surface area contributed by atoms with E-state index in [1.54, 1.807) is 0 Å². The molecule has 0 aliphatic carbocycles. The molecule has 0 spiro atoms. The second-order valence-corrected chi connectivity index (χ2v) is 8.19. The largest absolute Gasteiger partial charge is 0.465 e. The highest BCUT2D eigenvalue weighted by Crippen LogP contribution is 2.28. The Morgan fingerprint density at radius 3 is 2.68 bits per heavy atom. The first-order valence-electron chi connectivity index (χ1n) is 7.31. The van der Waals surface area contributed by atoms with Gasteiger partial charge < -0.3 is 10.0 Å². The Bertz CT molecular complexity index is 762. The van der Waals surface area contributed by atoms with Crippen LogP contribution in [-0.2, 0) is 16.6 Å². The highest BCUT2D eigenvalue weighted by Gasteiger charge is 2.46. The predicted octanol–water partition coefficient (Wildman–Crippen LogP) is 1.49. The van der Waals surface area contributed by atoms with E-state index in [9.17, 15) is 27.1 Å². The third-order valence-electron chi connectivity index (χ3n) is 4.05. The molecule has 3 unspecified atom stereocenters. The van der Waals surface area contributed by atoms with E-state index in [1.165, 1.54) is 32.3 Å². The number of benzene rings is 1. The molecule has 1 saturated heterocycles. The average molecular weight is 398 g/mol. The number of alkyl halides is 1. The van der Waals surface area contributed by atoms with Gasteiger partial charge in [-0.15, -0.1) is 0 Å². The lowest BCUT2D eigenvalue weighted by Gasteiger charge is -2.27. The maximum Gasteiger partial charge on any atom is 0.407 e. The number of rotatable bonds is 5. The van der Waals surface area contributed by atoms with E-state index in [2.05, 4.69) is 4.72 Å². The van der Waals surface area contributed by atoms with Gasteiger partial charge in [0.05, 0.1) is 23.7 Å². The molecule has 1 heterocycles. The molecule has 0 bridgehead atoms. The number of nitrogens with zero attached hydrogens (tertiary/aromatic N) is 2. The van der Waals surface area contributed by atoms with Crippen LogP contribution in [0.15, 0.2) is 18.2 Å². The van der Waals surface area contributed by atoms with Crippen LogP contribution in [0.2, 0.25) is 5.02 Å². The summed E-state index contributed by atoms with van der Waals surface area (Å²) in [6.07, 6.45) is -3.40. The van der Waals surface area contributed by atoms with Crippen LogP contribution in [0.25, 0.3) is 0 Å². The van der Waals surface area contributed by atoms with Crippen LogP contribution in [0.4, 0.5) is 13.6 Å². The van der Waals surface area contributed by atoms with Gasteiger partial charge in [0.15, 0.2) is 0 Å². The Morgan fingerprint density at radius 1 is 1.48 bits per heavy atom. The summed E-state index contributed by atoms with van der Waals surface area (Å²) in [6, 6.07) is 1.74. The Hall–Kier alpha value is -1.49. The fourth-order valence-corrected chi connectivity index (χ4v) is 3.74. The fraction of sp³-hybridized carbons (Fsp3) is 0.500. The van der Waals surface area contributed by atoms with Crippen molar-refractivity contribution in [1.29, 1.82) is 0 Å². The molecule has 25 heavy (non-hydrogen) atoms. The smallest absolute Gasteiger partial charge is 0.407 e. The third kappa shape index (κ3) is 4.20. The minimum atomic E-state index is -4.00. The summed E-state index contributed by atoms with van der Waals surface area (Å²) in [6.45, 7) is -0.511. The van der Waals surface area contributed by atoms with E-state index < -0.39 is 46.9 Å². The van der Waals surface area contributed by atoms with Crippen LogP contribution < -0.4 is 4.72 Å². The quantitative estimate of drug-likeness (QED) is 0.787. The van der Waals surface area contributed by atoms with Crippen molar-refractivity contribution in [3.05, 3.63) is 34.6 Å². The Kier molecular flexibility index (Phi) is 5.87. The van der Waals surface area contributed by atoms with Gasteiger partial charge in [-0.25, -0.2) is 13.6 Å². The number of amides is 1. The standard InChI is InChI=1S/C14H18ClF2N3O4S/c1-19(2)25(23,24)18-13-10(16)7-20(14(21)22)11(13)6-8-4-3-5-9(15)12(8)17/h3-5,10-11,13,18H,6-7H2,1-2H3,(H,21,22). The van der Waals surface area contributed by atoms with Crippen LogP contribution in [0.1, 0.15) is 5.56 Å². The van der Waals surface area contributed by atoms with Crippen molar-refractivity contribution in [2.24, 2.45) is 0 Å². The van der Waals surface area contributed by atoms with Crippen molar-refractivity contribution in [2.45, 2.75) is 24.7 Å². The molecule has 1 aliphatic heterocycles. The maximum atomic E-state index is 14.4. The molecule has 0 radical (unpaired) electrons. The van der Waals surface area contributed by atoms with E-state index in [0.717, 1.165) is 9.21 Å². The SMILES string of the molecule is CN(C)S(=O)(=O)NC1C(F)CN(C(=O)O)C1Cc1cccc(Cl)c1F. The molecular formula is C14H18ClF2N3O4S. The van der Waals surface area contributed by atoms with Crippen molar-refractivity contribution >= 4 is 27.9 Å². The van der Waals surface area contributed by atoms with Gasteiger partial charge in [0.2, 0.25) is 0 Å². The lowest BCUT2D eigenvalue weighted by molar-refractivity contribution is 0.136. The second kappa shape index (κ2) is 7.40. The zero-order chi connectivity index (χ0) is 18.9. The molecule has 1 aromatic rings. The number of hydrogen-bond donors (Lipinski definition) is 2. The molecule has 1 amide bonds. The van der Waals surface area contributed by atoms with E-state index in [-0.39, 0.29) is 17.0 Å². The molecule has 1 aliphatic rings. The number of nitrogens with one attached hydrogen (secondary N) is 1. The zero-order valence-electron chi connectivity index (χ0n) is 13.5. The predicted molar refractivity (Wildman–Crippen MR) is 88.1 cm³/mol. The van der Waals surface area contributed by atoms with E-state index >= 15 is 0 Å². The van der Waals surface area contributed by atoms with Crippen LogP contribution in [0.5, 0.6) is 0 Å². The number of hydrogen-bond acceptors (Lipinski definition) is 3. The molecule has 0 aromatic heterocycles. The van der Waals surface area contributed by atoms with Crippen molar-refractivity contribution in [1.82, 2.24) is 13.9 Å². The summed E-state index contributed by atoms with van der Waals surface area (Å²) >= 11 is 5.71. The topological polar surface area (TPSA) is 90.0 Å². The summed E-state index contributed by atoms with van der Waals surface area (Å²) in [7, 11) is -1.49. The van der Waals surface area contributed by atoms with E-state index in [1.807, 2.05) is 0 Å². The normalized spacial score (nSPS) is 24.1. The summed E-state index contributed by atoms with van der Waals surface area (Å²) in [5.41, 5.74) is 0.0758. The molecule has 1 aromatic carbocycles. The van der Waals surface area contributed by atoms with Gasteiger partial charge in [-0.1, -0.05) is 23.7 Å². The molecule has 7 nitrogen and oxygen atoms in total. The molecule has 0 saturated carbocycles. The molecular weight excluding hydrogens is 380 g/mol. The summed E-state index contributed by atoms with van der Waals surface area (Å²) in [5.74, 6) is -0.744. The minimum Gasteiger partial charge on any atom is -0.465 e. The Balaban J connectivity index is 2.36. The van der Waals surface area contributed by atoms with Crippen molar-refractivity contribution in [3.8, 4) is 0 Å². The van der Waals surface area contributed by atoms with Crippen LogP contribution in [0.3, 0.4) is 0 Å². The fourth-order valence-electron chi connectivity index (χ4n) is 2.69. The Morgan fingerprint density at radius 2 is 2.12 bits per heavy atom. The number of likely N-dealkylation sites (tertiary alicyclic amines) is 1. The van der Waals surface area contributed by atoms with Gasteiger partial charge in [-0.05, 0) is 18.1 Å². The molecule has 2 N–H and O–H groups in total. The Labute approximate surface area is 149 Å². The summed E-state index contributed by atoms with van der Waals surface area (Å²) < 4.78 is 55.5. The first-order chi connectivity index (χ1) is 11.5. The molecule has 2 rings (SSSR count). The highest BCUT2D eigenvalue weighted by atomic mass is 35.5. The number of carbonyl (C=O) groups is 1. The summed E-state index contributed by atoms with van der Waals surface area (Å²) in [4.78, 5) is 12.2. The van der Waals surface area contributed by atoms with Gasteiger partial charge in [-0.3, -0.25) is 0 Å². The van der Waals surface area contributed by atoms with Crippen LogP contribution in [-0.4, -0.2) is 67.7 Å². The summed E-state index contributed by atoms with van der Waals surface area (Å²) in [5, 5.41) is 9.13. The average Bonchev–Trinajstić information content (AvgIpc) is 2.80. The van der Waals surface area contributed by atoms with Crippen molar-refractivity contribution < 1.29 is 27.1 Å². The monoisotopic (exact) mass is 397 g/mol. The van der Waals surface area contributed by atoms with Crippen molar-refractivity contribution in [2.75, 3.05) is 20.6 Å². The van der Waals surface area contributed by atoms with Crippen LogP contribution >= 0.6 is 11.6 Å². The third-order valence-corrected chi connectivity index (χ3v) is 5.87. The van der Waals surface area contributed by atoms with Gasteiger partial charge in [-0.2, -0.15) is 17.4 Å². The minimum absolute atomic E-state index is 0.0758. The van der Waals surface area contributed by atoms with Gasteiger partial charge in [0.25, 0.3) is 10.2 Å². The first kappa shape index (κ1) is 19.8. The van der Waals surface area contributed by atoms with E-state index in [0.29, 0.717) is 0 Å². The first-order valence-corrected chi connectivity index (χ1v) is 9.12. The maximum absolute atomic E-state index is 14.4. The lowest BCUT2D eigenvalue weighted by atomic mass is 10.00. The second-order valence-electron chi connectivity index (χ2n) is 5.87. The van der Waals surface area contributed by atoms with Crippen LogP contribution in [0, 0.1) is 5.82 Å².